The molecule has 63 heavy (non-hydrogen) atoms. The van der Waals surface area contributed by atoms with Crippen molar-refractivity contribution in [3.05, 3.63) is 212 Å². The van der Waals surface area contributed by atoms with Gasteiger partial charge in [-0.15, -0.1) is 11.3 Å². The van der Waals surface area contributed by atoms with Crippen molar-refractivity contribution in [2.24, 2.45) is 0 Å². The summed E-state index contributed by atoms with van der Waals surface area (Å²) in [4.78, 5) is 15.6. The largest absolute Gasteiger partial charge is 0.307 e. The smallest absolute Gasteiger partial charge is 0.164 e. The summed E-state index contributed by atoms with van der Waals surface area (Å²) in [5, 5.41) is 7.28. The molecular formula is C57H35N5S. The van der Waals surface area contributed by atoms with Crippen LogP contribution in [0.25, 0.3) is 120 Å². The van der Waals surface area contributed by atoms with E-state index >= 15 is 0 Å². The van der Waals surface area contributed by atoms with Gasteiger partial charge in [0.25, 0.3) is 0 Å². The molecule has 0 saturated heterocycles. The van der Waals surface area contributed by atoms with Gasteiger partial charge in [0.1, 0.15) is 0 Å². The van der Waals surface area contributed by atoms with Gasteiger partial charge in [-0.1, -0.05) is 164 Å². The second kappa shape index (κ2) is 14.2. The van der Waals surface area contributed by atoms with Gasteiger partial charge in [-0.25, -0.2) is 15.0 Å². The maximum atomic E-state index is 5.29. The lowest BCUT2D eigenvalue weighted by Crippen LogP contribution is -2.01. The van der Waals surface area contributed by atoms with Gasteiger partial charge in [-0.2, -0.15) is 0 Å². The van der Waals surface area contributed by atoms with Crippen molar-refractivity contribution in [1.29, 1.82) is 0 Å². The third kappa shape index (κ3) is 5.66. The number of hydrogen-bond acceptors (Lipinski definition) is 4. The highest BCUT2D eigenvalue weighted by Gasteiger charge is 2.22. The normalized spacial score (nSPS) is 11.8. The topological polar surface area (TPSA) is 48.5 Å². The number of rotatable bonds is 6. The van der Waals surface area contributed by atoms with Crippen LogP contribution in [0.15, 0.2) is 212 Å². The molecule has 0 aliphatic rings. The van der Waals surface area contributed by atoms with E-state index in [1.165, 1.54) is 53.0 Å². The van der Waals surface area contributed by atoms with Crippen LogP contribution in [-0.4, -0.2) is 24.1 Å². The summed E-state index contributed by atoms with van der Waals surface area (Å²) in [5.74, 6) is 1.90. The quantitative estimate of drug-likeness (QED) is 0.168. The number of fused-ring (bicyclic) bond motifs is 9. The van der Waals surface area contributed by atoms with Gasteiger partial charge < -0.3 is 9.13 Å². The molecule has 0 N–H and O–H groups in total. The highest BCUT2D eigenvalue weighted by atomic mass is 32.1. The molecule has 13 rings (SSSR count). The third-order valence-electron chi connectivity index (χ3n) is 12.4. The van der Waals surface area contributed by atoms with E-state index < -0.39 is 0 Å². The Balaban J connectivity index is 1.03. The Morgan fingerprint density at radius 2 is 0.873 bits per heavy atom. The van der Waals surface area contributed by atoms with Gasteiger partial charge in [-0.3, -0.25) is 0 Å². The number of thiophene rings is 1. The Morgan fingerprint density at radius 1 is 0.333 bits per heavy atom. The van der Waals surface area contributed by atoms with Crippen molar-refractivity contribution in [3.8, 4) is 56.7 Å². The average Bonchev–Trinajstić information content (AvgIpc) is 4.02. The van der Waals surface area contributed by atoms with Gasteiger partial charge in [0.05, 0.1) is 27.8 Å². The number of para-hydroxylation sites is 4. The molecule has 4 heterocycles. The van der Waals surface area contributed by atoms with Crippen LogP contribution in [0.5, 0.6) is 0 Å². The Morgan fingerprint density at radius 3 is 1.60 bits per heavy atom. The minimum absolute atomic E-state index is 0.622. The fraction of sp³-hybridized carbons (Fsp3) is 0. The van der Waals surface area contributed by atoms with E-state index in [0.717, 1.165) is 50.0 Å². The Labute approximate surface area is 366 Å². The maximum absolute atomic E-state index is 5.29. The molecule has 0 fully saturated rings. The molecule has 4 aromatic heterocycles. The summed E-state index contributed by atoms with van der Waals surface area (Å²) in [6.07, 6.45) is 0. The Kier molecular flexibility index (Phi) is 8.01. The summed E-state index contributed by atoms with van der Waals surface area (Å²) in [7, 11) is 0. The maximum Gasteiger partial charge on any atom is 0.164 e. The minimum Gasteiger partial charge on any atom is -0.307 e. The lowest BCUT2D eigenvalue weighted by molar-refractivity contribution is 1.07. The summed E-state index contributed by atoms with van der Waals surface area (Å²) in [6.45, 7) is 0. The SMILES string of the molecule is c1ccc(-c2nc(-c3ccc4c(c3)sc3cccc(-c5ccccc5)c34)nc(-c3ccc4c5ccccc5n(-c5cccc6c7ccccc7n(-c7ccccc7)c56)c4c3)n2)cc1. The van der Waals surface area contributed by atoms with E-state index in [4.69, 9.17) is 15.0 Å². The second-order valence-corrected chi connectivity index (χ2v) is 17.1. The lowest BCUT2D eigenvalue weighted by atomic mass is 9.99. The number of aromatic nitrogens is 5. The molecule has 0 unspecified atom stereocenters. The highest BCUT2D eigenvalue weighted by Crippen LogP contribution is 2.43. The first-order chi connectivity index (χ1) is 31.2. The molecule has 0 amide bonds. The van der Waals surface area contributed by atoms with Crippen LogP contribution >= 0.6 is 11.3 Å². The molecular weight excluding hydrogens is 787 g/mol. The fourth-order valence-corrected chi connectivity index (χ4v) is 10.7. The zero-order chi connectivity index (χ0) is 41.4. The van der Waals surface area contributed by atoms with Gasteiger partial charge in [-0.05, 0) is 59.7 Å². The van der Waals surface area contributed by atoms with Gasteiger partial charge in [0, 0.05) is 64.1 Å². The molecule has 0 spiro atoms. The third-order valence-corrected chi connectivity index (χ3v) is 13.5. The van der Waals surface area contributed by atoms with E-state index in [9.17, 15) is 0 Å². The van der Waals surface area contributed by atoms with Crippen molar-refractivity contribution in [1.82, 2.24) is 24.1 Å². The van der Waals surface area contributed by atoms with Crippen molar-refractivity contribution in [2.45, 2.75) is 0 Å². The molecule has 0 aliphatic carbocycles. The van der Waals surface area contributed by atoms with Crippen LogP contribution < -0.4 is 0 Å². The first-order valence-electron chi connectivity index (χ1n) is 21.2. The van der Waals surface area contributed by atoms with Crippen LogP contribution in [0.2, 0.25) is 0 Å². The fourth-order valence-electron chi connectivity index (χ4n) is 9.57. The first kappa shape index (κ1) is 35.6. The predicted molar refractivity (Wildman–Crippen MR) is 263 cm³/mol. The first-order valence-corrected chi connectivity index (χ1v) is 22.0. The lowest BCUT2D eigenvalue weighted by Gasteiger charge is -2.14. The van der Waals surface area contributed by atoms with Gasteiger partial charge in [0.15, 0.2) is 17.5 Å². The molecule has 294 valence electrons. The number of benzene rings is 9. The van der Waals surface area contributed by atoms with Gasteiger partial charge in [0.2, 0.25) is 0 Å². The summed E-state index contributed by atoms with van der Waals surface area (Å²) in [5.41, 5.74) is 12.0. The average molecular weight is 822 g/mol. The van der Waals surface area contributed by atoms with Crippen molar-refractivity contribution in [2.75, 3.05) is 0 Å². The molecule has 5 nitrogen and oxygen atoms in total. The minimum atomic E-state index is 0.622. The van der Waals surface area contributed by atoms with Crippen molar-refractivity contribution >= 4 is 75.1 Å². The molecule has 0 aliphatic heterocycles. The monoisotopic (exact) mass is 821 g/mol. The number of hydrogen-bond donors (Lipinski definition) is 0. The summed E-state index contributed by atoms with van der Waals surface area (Å²) in [6, 6.07) is 75.6. The van der Waals surface area contributed by atoms with Crippen molar-refractivity contribution < 1.29 is 0 Å². The molecule has 0 saturated carbocycles. The molecule has 0 radical (unpaired) electrons. The highest BCUT2D eigenvalue weighted by molar-refractivity contribution is 7.26. The van der Waals surface area contributed by atoms with E-state index in [0.29, 0.717) is 17.5 Å². The van der Waals surface area contributed by atoms with E-state index in [1.807, 2.05) is 29.5 Å². The van der Waals surface area contributed by atoms with Crippen LogP contribution in [-0.2, 0) is 0 Å². The zero-order valence-corrected chi connectivity index (χ0v) is 34.7. The second-order valence-electron chi connectivity index (χ2n) is 16.0. The predicted octanol–water partition coefficient (Wildman–Crippen LogP) is 15.1. The standard InChI is InChI=1S/C57H35N5S/c1-4-16-36(17-5-1)41-24-15-29-51-53(41)46-33-31-39(35-52(46)63-51)57-59-55(37-18-6-2-7-19-37)58-56(60-57)38-30-32-44-42-22-10-13-27-48(42)62(50(44)34-38)49-28-14-25-45-43-23-11-12-26-47(43)61(54(45)49)40-20-8-3-9-21-40/h1-35H. The van der Waals surface area contributed by atoms with Gasteiger partial charge >= 0.3 is 0 Å². The van der Waals surface area contributed by atoms with E-state index in [1.54, 1.807) is 0 Å². The van der Waals surface area contributed by atoms with Crippen LogP contribution in [0.4, 0.5) is 0 Å². The molecule has 6 heteroatoms. The van der Waals surface area contributed by atoms with Crippen molar-refractivity contribution in [3.63, 3.8) is 0 Å². The van der Waals surface area contributed by atoms with Crippen LogP contribution in [0.1, 0.15) is 0 Å². The van der Waals surface area contributed by atoms with E-state index in [-0.39, 0.29) is 0 Å². The number of nitrogens with zero attached hydrogens (tertiary/aromatic N) is 5. The van der Waals surface area contributed by atoms with E-state index in [2.05, 4.69) is 203 Å². The summed E-state index contributed by atoms with van der Waals surface area (Å²) < 4.78 is 7.29. The Bertz CT molecular complexity index is 3900. The molecule has 9 aromatic carbocycles. The van der Waals surface area contributed by atoms with Crippen LogP contribution in [0.3, 0.4) is 0 Å². The molecule has 0 atom stereocenters. The Hall–Kier alpha value is -8.19. The molecule has 0 bridgehead atoms. The van der Waals surface area contributed by atoms with Crippen LogP contribution in [0, 0.1) is 0 Å². The summed E-state index contributed by atoms with van der Waals surface area (Å²) >= 11 is 1.81. The zero-order valence-electron chi connectivity index (χ0n) is 33.9. The molecule has 13 aromatic rings.